The molecule has 1 aromatic heterocycles. The molecule has 0 amide bonds. The predicted molar refractivity (Wildman–Crippen MR) is 127 cm³/mol. The summed E-state index contributed by atoms with van der Waals surface area (Å²) in [5.74, 6) is 0.179. The SMILES string of the molecule is CCN(c1nc(Cc2ccc(O)cc2O)nc(Cc2ccc(O)cc2O)n1)c1ccc(O)cc1O.[Rf].[Rf].[Rf]. The van der Waals surface area contributed by atoms with Gasteiger partial charge in [0.15, 0.2) is 0 Å². The van der Waals surface area contributed by atoms with E-state index in [1.54, 1.807) is 17.0 Å². The summed E-state index contributed by atoms with van der Waals surface area (Å²) < 4.78 is 0. The van der Waals surface area contributed by atoms with Gasteiger partial charge in [-0.05, 0) is 31.2 Å². The van der Waals surface area contributed by atoms with Crippen molar-refractivity contribution in [2.45, 2.75) is 19.8 Å². The zero-order chi connectivity index (χ0) is 25.1. The van der Waals surface area contributed by atoms with Crippen molar-refractivity contribution in [1.82, 2.24) is 15.0 Å². The second-order valence-electron chi connectivity index (χ2n) is 7.86. The van der Waals surface area contributed by atoms with Crippen LogP contribution in [0.4, 0.5) is 11.6 Å². The van der Waals surface area contributed by atoms with Gasteiger partial charge in [0.25, 0.3) is 0 Å². The quantitative estimate of drug-likeness (QED) is 0.162. The van der Waals surface area contributed by atoms with Crippen molar-refractivity contribution in [2.24, 2.45) is 0 Å². The Balaban J connectivity index is 0.00000241. The topological polar surface area (TPSA) is 163 Å². The van der Waals surface area contributed by atoms with E-state index in [1.807, 2.05) is 6.92 Å². The molecule has 0 radical (unpaired) electrons. The van der Waals surface area contributed by atoms with Crippen LogP contribution in [-0.2, 0) is 12.8 Å². The number of aromatic hydroxyl groups is 6. The molecule has 6 N–H and O–H groups in total. The summed E-state index contributed by atoms with van der Waals surface area (Å²) in [6, 6.07) is 12.6. The first-order valence-electron chi connectivity index (χ1n) is 10.8. The Labute approximate surface area is 200 Å². The minimum atomic E-state index is -0.164. The van der Waals surface area contributed by atoms with Gasteiger partial charge in [0.05, 0.1) is 5.69 Å². The third kappa shape index (κ3) is 5.60. The summed E-state index contributed by atoms with van der Waals surface area (Å²) in [5, 5.41) is 59.7. The number of benzene rings is 3. The van der Waals surface area contributed by atoms with Gasteiger partial charge in [0, 0.05) is 48.7 Å². The molecule has 0 aliphatic carbocycles. The van der Waals surface area contributed by atoms with E-state index in [0.717, 1.165) is 0 Å². The molecule has 1 heterocycles. The van der Waals surface area contributed by atoms with E-state index in [-0.39, 0.29) is 53.3 Å². The molecule has 38 heavy (non-hydrogen) atoms. The molecule has 0 saturated carbocycles. The van der Waals surface area contributed by atoms with Crippen molar-refractivity contribution < 1.29 is 30.6 Å². The van der Waals surface area contributed by atoms with Crippen LogP contribution < -0.4 is 4.90 Å². The third-order valence-corrected chi connectivity index (χ3v) is 5.36. The molecule has 0 aliphatic rings. The number of hydrogen-bond donors (Lipinski definition) is 6. The minimum Gasteiger partial charge on any atom is -0.508 e. The summed E-state index contributed by atoms with van der Waals surface area (Å²) in [7, 11) is 0. The molecular weight excluding hydrogens is 1250 g/mol. The molecule has 186 valence electrons. The van der Waals surface area contributed by atoms with Crippen LogP contribution >= 0.6 is 0 Å². The van der Waals surface area contributed by atoms with Crippen molar-refractivity contribution in [3.05, 3.63) is 77.4 Å². The van der Waals surface area contributed by atoms with E-state index in [2.05, 4.69) is 15.0 Å². The maximum absolute atomic E-state index is 10.4. The van der Waals surface area contributed by atoms with Crippen LogP contribution in [0.25, 0.3) is 0 Å². The van der Waals surface area contributed by atoms with Gasteiger partial charge in [-0.2, -0.15) is 9.97 Å². The van der Waals surface area contributed by atoms with Crippen molar-refractivity contribution in [2.75, 3.05) is 11.4 Å². The smallest absolute Gasteiger partial charge is 0.233 e. The summed E-state index contributed by atoms with van der Waals surface area (Å²) in [6.07, 6.45) is 0.241. The third-order valence-electron chi connectivity index (χ3n) is 5.36. The Morgan fingerprint density at radius 2 is 1.00 bits per heavy atom. The monoisotopic (exact) mass is 1280 g/mol. The largest absolute Gasteiger partial charge is 0.508 e. The Hall–Kier alpha value is -7.73. The molecule has 0 bridgehead atoms. The normalized spacial score (nSPS) is 10.0. The van der Waals surface area contributed by atoms with E-state index >= 15 is 0 Å². The van der Waals surface area contributed by atoms with Crippen molar-refractivity contribution in [3.63, 3.8) is 0 Å². The standard InChI is InChI=1S/C25H24N4O6.3Rf/c1-2-29(19-8-7-18(32)13-22(19)35)25-27-23(9-14-3-5-16(30)11-20(14)33)26-24(28-25)10-15-4-6-17(31)12-21(15)34;;;/h3-8,11-13,30-35H,2,9-10H2,1H3;;;. The van der Waals surface area contributed by atoms with E-state index < -0.39 is 0 Å². The number of hydrogen-bond acceptors (Lipinski definition) is 10. The number of phenols is 6. The average molecular weight is 1280 g/mol. The Morgan fingerprint density at radius 3 is 1.39 bits per heavy atom. The zero-order valence-electron chi connectivity index (χ0n) is 20.9. The predicted octanol–water partition coefficient (Wildman–Crippen LogP) is 3.44. The van der Waals surface area contributed by atoms with Crippen molar-refractivity contribution in [3.8, 4) is 34.5 Å². The maximum Gasteiger partial charge on any atom is 0.233 e. The van der Waals surface area contributed by atoms with Crippen LogP contribution in [0.2, 0.25) is 0 Å². The number of phenolic OH excluding ortho intramolecular Hbond substituents is 6. The van der Waals surface area contributed by atoms with Gasteiger partial charge in [-0.1, -0.05) is 12.1 Å². The molecule has 4 rings (SSSR count). The van der Waals surface area contributed by atoms with Crippen LogP contribution in [0.5, 0.6) is 34.5 Å². The van der Waals surface area contributed by atoms with Crippen LogP contribution in [0.3, 0.4) is 0 Å². The van der Waals surface area contributed by atoms with Crippen LogP contribution in [0.15, 0.2) is 54.6 Å². The van der Waals surface area contributed by atoms with Gasteiger partial charge >= 0.3 is 0 Å². The fourth-order valence-corrected chi connectivity index (χ4v) is 3.64. The van der Waals surface area contributed by atoms with Gasteiger partial charge in [0.1, 0.15) is 46.1 Å². The van der Waals surface area contributed by atoms with E-state index in [4.69, 9.17) is 0 Å². The summed E-state index contributed by atoms with van der Waals surface area (Å²) >= 11 is 0. The van der Waals surface area contributed by atoms with Gasteiger partial charge < -0.3 is 35.5 Å². The minimum absolute atomic E-state index is 0. The molecule has 10 nitrogen and oxygen atoms in total. The molecule has 0 unspecified atom stereocenters. The van der Waals surface area contributed by atoms with Gasteiger partial charge in [-0.25, -0.2) is 4.98 Å². The summed E-state index contributed by atoms with van der Waals surface area (Å²) in [4.78, 5) is 15.2. The second kappa shape index (κ2) is 10.9. The first-order chi connectivity index (χ1) is 16.7. The number of rotatable bonds is 7. The molecular formula is C25H24N4O6Rf3. The fraction of sp³-hybridized carbons (Fsp3) is 0.160. The molecule has 0 spiro atoms. The Bertz CT molecular complexity index is 1320. The number of nitrogens with zero attached hydrogens (tertiary/aromatic N) is 4. The first-order valence-corrected chi connectivity index (χ1v) is 10.8. The van der Waals surface area contributed by atoms with E-state index in [0.29, 0.717) is 35.0 Å². The maximum atomic E-state index is 10.4. The fourth-order valence-electron chi connectivity index (χ4n) is 3.64. The van der Waals surface area contributed by atoms with Crippen molar-refractivity contribution >= 4 is 11.6 Å². The summed E-state index contributed by atoms with van der Waals surface area (Å²) in [5.41, 5.74) is 1.33. The van der Waals surface area contributed by atoms with E-state index in [9.17, 15) is 30.6 Å². The second-order valence-corrected chi connectivity index (χ2v) is 7.86. The Morgan fingerprint density at radius 1 is 0.579 bits per heavy atom. The van der Waals surface area contributed by atoms with Gasteiger partial charge in [-0.3, -0.25) is 0 Å². The molecule has 13 heteroatoms. The molecule has 4 aromatic rings. The summed E-state index contributed by atoms with van der Waals surface area (Å²) in [6.45, 7) is 2.21. The molecule has 0 atom stereocenters. The van der Waals surface area contributed by atoms with E-state index in [1.165, 1.54) is 42.5 Å². The van der Waals surface area contributed by atoms with Crippen LogP contribution in [-0.4, -0.2) is 52.1 Å². The van der Waals surface area contributed by atoms with Crippen LogP contribution in [0, 0.1) is 0 Å². The van der Waals surface area contributed by atoms with Gasteiger partial charge in [-0.15, -0.1) is 0 Å². The Kier molecular flexibility index (Phi) is 8.14. The first kappa shape index (κ1) is 28.3. The number of anilines is 2. The molecule has 0 fully saturated rings. The van der Waals surface area contributed by atoms with Crippen LogP contribution in [0.1, 0.15) is 29.7 Å². The van der Waals surface area contributed by atoms with Gasteiger partial charge in [0.2, 0.25) is 5.95 Å². The zero-order valence-corrected chi connectivity index (χ0v) is 40.1. The molecule has 0 aliphatic heterocycles. The van der Waals surface area contributed by atoms with Crippen molar-refractivity contribution in [1.29, 1.82) is 0 Å². The number of aromatic nitrogens is 3. The molecule has 3 aromatic carbocycles. The average Bonchev–Trinajstić information content (AvgIpc) is 2.79. The molecule has 0 saturated heterocycles.